The number of aromatic nitrogens is 3. The Labute approximate surface area is 629 Å². The number of nitrogens with one attached hydrogen (secondary N) is 3. The second-order valence-electron chi connectivity index (χ2n) is 33.9. The van der Waals surface area contributed by atoms with Gasteiger partial charge >= 0.3 is 40.6 Å². The van der Waals surface area contributed by atoms with E-state index in [-0.39, 0.29) is 79.5 Å². The maximum absolute atomic E-state index is 6.94. The van der Waals surface area contributed by atoms with Gasteiger partial charge < -0.3 is 56.0 Å². The van der Waals surface area contributed by atoms with Crippen LogP contribution in [0.15, 0.2) is 127 Å². The molecule has 3 aromatic heterocycles. The van der Waals surface area contributed by atoms with E-state index in [9.17, 15) is 0 Å². The summed E-state index contributed by atoms with van der Waals surface area (Å²) in [6.07, 6.45) is 15.1. The van der Waals surface area contributed by atoms with Crippen molar-refractivity contribution in [2.75, 3.05) is 0 Å². The molecule has 4 fully saturated rings. The molecule has 16 rings (SSSR count). The van der Waals surface area contributed by atoms with E-state index in [1.807, 2.05) is 20.8 Å². The number of aromatic amines is 1. The zero-order valence-corrected chi connectivity index (χ0v) is 69.9. The fourth-order valence-corrected chi connectivity index (χ4v) is 28.4. The standard InChI is InChI=1S/C22H41N2Si.C22H28N2Si.C18H18ClNSi.C16H13N.C4H10N.3CH3.Li.Ti/c2*1-15-11-12-20-18(13-15)19-14-16-9-7-8-10-17(16)21(19)24(20)25(5,6)23-22(2,3)4;1-12-8-9-17-15(10-12)16-11-13-6-4-5-7-14(13)18(16)20(17)21(2,3)19;1-10-6-7-15-13(8-10)14-9-11-4-2-3-5-12(11)16(14)17-15;1-4(2,3)5;;;;;/h15-21H,7-14H2,1-6H3;7-13,23H,14H2,1-6H3;4-10H,11H2,1-3H3;2-8,17H,9H2,1H3;5H,1-3H3;3*1H3;;/q-1;;;;4*-1;+1;+4. The maximum Gasteiger partial charge on any atom is 4.00 e. The number of rotatable bonds is 5. The van der Waals surface area contributed by atoms with Crippen LogP contribution in [-0.4, -0.2) is 71.1 Å². The molecule has 7 unspecified atom stereocenters. The smallest absolute Gasteiger partial charge is 0.673 e. The van der Waals surface area contributed by atoms with Gasteiger partial charge in [0.25, 0.3) is 7.55 Å². The second kappa shape index (κ2) is 30.8. The summed E-state index contributed by atoms with van der Waals surface area (Å²) in [5, 5.41) is 4.20. The van der Waals surface area contributed by atoms with Crippen molar-refractivity contribution in [3.63, 3.8) is 0 Å². The van der Waals surface area contributed by atoms with Gasteiger partial charge in [0.2, 0.25) is 8.40 Å². The van der Waals surface area contributed by atoms with Gasteiger partial charge in [-0.15, -0.1) is 22.2 Å². The molecular weight excluding hydrogens is 1290 g/mol. The molecule has 1 saturated heterocycles. The van der Waals surface area contributed by atoms with Gasteiger partial charge in [0, 0.05) is 106 Å². The van der Waals surface area contributed by atoms with E-state index in [2.05, 4.69) is 259 Å². The molecule has 4 heterocycles. The van der Waals surface area contributed by atoms with Crippen LogP contribution in [0.4, 0.5) is 0 Å². The van der Waals surface area contributed by atoms with Gasteiger partial charge in [-0.3, -0.25) is 0 Å². The molecule has 3 N–H and O–H groups in total. The minimum atomic E-state index is -2.00. The number of aryl methyl sites for hydroxylation is 3. The normalized spacial score (nSPS) is 20.8. The van der Waals surface area contributed by atoms with Crippen molar-refractivity contribution in [1.82, 2.24) is 23.0 Å². The average Bonchev–Trinajstić information content (AvgIpc) is 1.58. The van der Waals surface area contributed by atoms with Gasteiger partial charge in [-0.1, -0.05) is 189 Å². The first-order chi connectivity index (χ1) is 43.6. The number of hydrogen-bond acceptors (Lipinski definition) is 2. The van der Waals surface area contributed by atoms with Crippen LogP contribution < -0.4 is 23.8 Å². The molecule has 6 aromatic carbocycles. The Hall–Kier alpha value is -3.97. The van der Waals surface area contributed by atoms with Crippen molar-refractivity contribution in [1.29, 1.82) is 0 Å². The fourth-order valence-electron chi connectivity index (χ4n) is 18.8. The SMILES string of the molecule is CC(C)(C)[NH-].CC1CCC2C(C1)C1CC3CCCCC3C1N2[Si](C)(C)[N-]C(C)(C)C.Cc1ccc2[nH]c3c(c2c1)Cc1ccccc1-3.Cc1ccc2c(c1)c1c(n2[Si](C)(C)Cl)-c2ccccc2C1.Cc1ccc2c(c1)c1c(n2[Si](C)(C)NC(C)(C)C)-c2ccccc2C1.[CH3-].[CH3-].[CH3-].[Li+].[Ti+4]. The molecule has 0 spiro atoms. The second-order valence-corrected chi connectivity index (χ2v) is 47.5. The third-order valence-corrected chi connectivity index (χ3v) is 29.3. The Morgan fingerprint density at radius 2 is 1.01 bits per heavy atom. The molecule has 98 heavy (non-hydrogen) atoms. The molecule has 7 nitrogen and oxygen atoms in total. The summed E-state index contributed by atoms with van der Waals surface area (Å²) in [5.41, 5.74) is 31.9. The zero-order chi connectivity index (χ0) is 66.6. The Bertz CT molecular complexity index is 4240. The first-order valence-corrected chi connectivity index (χ1v) is 45.3. The van der Waals surface area contributed by atoms with Crippen LogP contribution >= 0.6 is 11.1 Å². The van der Waals surface area contributed by atoms with E-state index in [4.69, 9.17) is 21.8 Å². The Morgan fingerprint density at radius 3 is 1.53 bits per heavy atom. The van der Waals surface area contributed by atoms with Crippen LogP contribution in [0.1, 0.15) is 171 Å². The summed E-state index contributed by atoms with van der Waals surface area (Å²) in [6, 6.07) is 48.4. The fraction of sp³-hybridized carbons (Fsp3) is 0.471. The Balaban J connectivity index is 0.000000178. The topological polar surface area (TPSA) is 78.8 Å². The van der Waals surface area contributed by atoms with Gasteiger partial charge in [0.15, 0.2) is 0 Å². The predicted octanol–water partition coefficient (Wildman–Crippen LogP) is 21.2. The monoisotopic (exact) mass is 1410 g/mol. The van der Waals surface area contributed by atoms with Gasteiger partial charge in [-0.05, 0) is 199 Å². The van der Waals surface area contributed by atoms with Gasteiger partial charge in [-0.2, -0.15) is 0 Å². The number of halogens is 1. The molecule has 0 amide bonds. The number of fused-ring (bicyclic) bond motifs is 20. The molecule has 3 saturated carbocycles. The van der Waals surface area contributed by atoms with Crippen LogP contribution in [-0.2, 0) is 41.0 Å². The number of H-pyrrole nitrogens is 1. The quantitative estimate of drug-likeness (QED) is 0.102. The first-order valence-electron chi connectivity index (χ1n) is 35.5. The van der Waals surface area contributed by atoms with Crippen molar-refractivity contribution >= 4 is 68.1 Å². The predicted molar refractivity (Wildman–Crippen MR) is 429 cm³/mol. The van der Waals surface area contributed by atoms with E-state index < -0.39 is 24.3 Å². The number of benzene rings is 6. The van der Waals surface area contributed by atoms with Gasteiger partial charge in [-0.25, -0.2) is 0 Å². The maximum atomic E-state index is 6.94. The van der Waals surface area contributed by atoms with Crippen molar-refractivity contribution in [2.24, 2.45) is 29.6 Å². The summed E-state index contributed by atoms with van der Waals surface area (Å²) in [6.45, 7) is 42.7. The number of hydrogen-bond donors (Lipinski definition) is 2. The average molecular weight is 1410 g/mol. The molecule has 7 atom stereocenters. The molecule has 9 aromatic rings. The summed E-state index contributed by atoms with van der Waals surface area (Å²) in [4.78, 5) is 13.0. The molecule has 13 heteroatoms. The third kappa shape index (κ3) is 16.6. The zero-order valence-electron chi connectivity index (χ0n) is 64.6. The molecule has 0 bridgehead atoms. The molecular formula is C85H119ClLiN7Si3Ti. The third-order valence-electron chi connectivity index (χ3n) is 21.2. The molecule has 518 valence electrons. The van der Waals surface area contributed by atoms with E-state index >= 15 is 0 Å². The minimum Gasteiger partial charge on any atom is -0.673 e. The minimum absolute atomic E-state index is 0. The summed E-state index contributed by atoms with van der Waals surface area (Å²) >= 11 is 6.87. The van der Waals surface area contributed by atoms with Crippen molar-refractivity contribution in [3.8, 4) is 33.8 Å². The molecule has 1 aliphatic heterocycles. The Kier molecular flexibility index (Phi) is 25.5. The van der Waals surface area contributed by atoms with E-state index in [1.54, 1.807) is 6.42 Å². The van der Waals surface area contributed by atoms with Crippen molar-refractivity contribution < 1.29 is 40.6 Å². The Morgan fingerprint density at radius 1 is 0.551 bits per heavy atom. The van der Waals surface area contributed by atoms with E-state index in [1.165, 1.54) is 161 Å². The van der Waals surface area contributed by atoms with Crippen LogP contribution in [0.25, 0.3) is 77.2 Å². The summed E-state index contributed by atoms with van der Waals surface area (Å²) < 4.78 is 8.22. The van der Waals surface area contributed by atoms with Crippen LogP contribution in [0, 0.1) is 72.6 Å². The largest absolute Gasteiger partial charge is 4.00 e. The van der Waals surface area contributed by atoms with Crippen molar-refractivity contribution in [2.45, 2.75) is 229 Å². The van der Waals surface area contributed by atoms with E-state index in [0.29, 0.717) is 0 Å². The van der Waals surface area contributed by atoms with Crippen LogP contribution in [0.2, 0.25) is 39.3 Å². The number of nitrogens with zero attached hydrogens (tertiary/aromatic N) is 4. The summed E-state index contributed by atoms with van der Waals surface area (Å²) in [5.74, 6) is 4.99. The van der Waals surface area contributed by atoms with E-state index in [0.717, 1.165) is 60.9 Å². The molecule has 0 radical (unpaired) electrons. The molecule has 6 aliphatic carbocycles. The summed E-state index contributed by atoms with van der Waals surface area (Å²) in [7, 11) is -5.64. The molecule has 7 aliphatic rings. The van der Waals surface area contributed by atoms with Gasteiger partial charge in [0.05, 0.1) is 5.69 Å². The van der Waals surface area contributed by atoms with Crippen molar-refractivity contribution in [3.05, 3.63) is 210 Å². The van der Waals surface area contributed by atoms with Crippen LogP contribution in [0.3, 0.4) is 0 Å². The van der Waals surface area contributed by atoms with Crippen LogP contribution in [0.5, 0.6) is 0 Å². The van der Waals surface area contributed by atoms with Gasteiger partial charge in [0.1, 0.15) is 0 Å². The first kappa shape index (κ1) is 81.3.